The zero-order chi connectivity index (χ0) is 22.3. The first-order valence-electron chi connectivity index (χ1n) is 9.98. The molecule has 1 unspecified atom stereocenters. The Balaban J connectivity index is 1.86. The van der Waals surface area contributed by atoms with E-state index in [1.807, 2.05) is 0 Å². The molecule has 5 nitrogen and oxygen atoms in total. The summed E-state index contributed by atoms with van der Waals surface area (Å²) in [7, 11) is 0. The predicted octanol–water partition coefficient (Wildman–Crippen LogP) is 4.84. The molecule has 9 heteroatoms. The highest BCUT2D eigenvalue weighted by Gasteiger charge is 2.39. The van der Waals surface area contributed by atoms with E-state index in [-0.39, 0.29) is 22.7 Å². The molecule has 1 aliphatic heterocycles. The molecule has 0 spiro atoms. The van der Waals surface area contributed by atoms with Crippen molar-refractivity contribution in [2.75, 3.05) is 6.54 Å². The minimum absolute atomic E-state index is 0.0506. The van der Waals surface area contributed by atoms with Crippen LogP contribution in [0.25, 0.3) is 0 Å². The summed E-state index contributed by atoms with van der Waals surface area (Å²) in [5.41, 5.74) is 0.834. The Morgan fingerprint density at radius 2 is 1.90 bits per heavy atom. The zero-order valence-electron chi connectivity index (χ0n) is 16.4. The van der Waals surface area contributed by atoms with Crippen LogP contribution in [0.3, 0.4) is 0 Å². The molecule has 0 amide bonds. The lowest BCUT2D eigenvalue weighted by Gasteiger charge is -2.25. The molecule has 1 atom stereocenters. The van der Waals surface area contributed by atoms with Crippen LogP contribution >= 0.6 is 11.6 Å². The molecular weight excluding hydrogens is 433 g/mol. The number of aryl methyl sites for hydroxylation is 1. The Bertz CT molecular complexity index is 1090. The molecule has 0 radical (unpaired) electrons. The van der Waals surface area contributed by atoms with Crippen molar-refractivity contribution in [3.05, 3.63) is 68.5 Å². The highest BCUT2D eigenvalue weighted by molar-refractivity contribution is 6.35. The maximum atomic E-state index is 13.6. The van der Waals surface area contributed by atoms with Crippen molar-refractivity contribution in [3.63, 3.8) is 0 Å². The summed E-state index contributed by atoms with van der Waals surface area (Å²) in [5.74, 6) is -1.88. The van der Waals surface area contributed by atoms with Gasteiger partial charge >= 0.3 is 12.1 Å². The summed E-state index contributed by atoms with van der Waals surface area (Å²) >= 11 is 6.07. The molecule has 164 valence electrons. The summed E-state index contributed by atoms with van der Waals surface area (Å²) in [6.45, 7) is 0.291. The average Bonchev–Trinajstić information content (AvgIpc) is 3.12. The first-order chi connectivity index (χ1) is 14.7. The topological polar surface area (TPSA) is 82.2 Å². The molecule has 3 N–H and O–H groups in total. The van der Waals surface area contributed by atoms with E-state index in [1.54, 1.807) is 6.08 Å². The fraction of sp³-hybridized carbons (Fsp3) is 0.364. The number of hydrogen-bond donors (Lipinski definition) is 3. The van der Waals surface area contributed by atoms with Gasteiger partial charge in [0.05, 0.1) is 21.8 Å². The van der Waals surface area contributed by atoms with Crippen molar-refractivity contribution < 1.29 is 27.9 Å². The number of aliphatic carboxylic acids is 1. The van der Waals surface area contributed by atoms with Crippen molar-refractivity contribution in [2.24, 2.45) is 0 Å². The monoisotopic (exact) mass is 452 g/mol. The Morgan fingerprint density at radius 3 is 2.61 bits per heavy atom. The standard InChI is InChI=1S/C22H20ClF3N2O3/c23-14-6-3-5-13(22(24,25)26)18(14)20(29)19-17(12-4-1-2-7-15(12)28-19)16-10-11(21(30)31)8-9-27-16/h3,5-6,8,16,27-28H,1-2,4,7,9-10H2,(H,30,31). The first-order valence-corrected chi connectivity index (χ1v) is 10.4. The number of ketones is 1. The highest BCUT2D eigenvalue weighted by Crippen LogP contribution is 2.40. The largest absolute Gasteiger partial charge is 0.478 e. The van der Waals surface area contributed by atoms with Crippen molar-refractivity contribution in [1.82, 2.24) is 10.3 Å². The van der Waals surface area contributed by atoms with Crippen LogP contribution < -0.4 is 5.32 Å². The van der Waals surface area contributed by atoms with Gasteiger partial charge in [-0.05, 0) is 49.8 Å². The molecule has 31 heavy (non-hydrogen) atoms. The molecule has 4 rings (SSSR count). The SMILES string of the molecule is O=C(O)C1=CCNC(c2c(C(=O)c3c(Cl)cccc3C(F)(F)F)[nH]c3c2CCCC3)C1. The van der Waals surface area contributed by atoms with Gasteiger partial charge in [-0.25, -0.2) is 4.79 Å². The van der Waals surface area contributed by atoms with Gasteiger partial charge in [0.25, 0.3) is 0 Å². The fourth-order valence-corrected chi connectivity index (χ4v) is 4.73. The molecule has 0 saturated carbocycles. The number of H-pyrrole nitrogens is 1. The number of carboxylic acids is 1. The van der Waals surface area contributed by atoms with Gasteiger partial charge < -0.3 is 15.4 Å². The van der Waals surface area contributed by atoms with Crippen LogP contribution in [0.15, 0.2) is 29.8 Å². The summed E-state index contributed by atoms with van der Waals surface area (Å²) in [5, 5.41) is 12.3. The van der Waals surface area contributed by atoms with Gasteiger partial charge in [0, 0.05) is 29.4 Å². The second-order valence-electron chi connectivity index (χ2n) is 7.77. The molecule has 1 aromatic heterocycles. The number of benzene rings is 1. The number of carboxylic acid groups (broad SMARTS) is 1. The molecule has 0 bridgehead atoms. The summed E-state index contributed by atoms with van der Waals surface area (Å²) in [6.07, 6.45) is 0.0962. The smallest absolute Gasteiger partial charge is 0.417 e. The van der Waals surface area contributed by atoms with E-state index in [9.17, 15) is 27.9 Å². The second-order valence-corrected chi connectivity index (χ2v) is 8.17. The Hall–Kier alpha value is -2.58. The summed E-state index contributed by atoms with van der Waals surface area (Å²) < 4.78 is 40.9. The number of aromatic nitrogens is 1. The van der Waals surface area contributed by atoms with Crippen molar-refractivity contribution in [1.29, 1.82) is 0 Å². The predicted molar refractivity (Wildman–Crippen MR) is 108 cm³/mol. The zero-order valence-corrected chi connectivity index (χ0v) is 17.2. The van der Waals surface area contributed by atoms with Crippen LogP contribution in [0.2, 0.25) is 5.02 Å². The van der Waals surface area contributed by atoms with Crippen molar-refractivity contribution in [3.8, 4) is 0 Å². The molecule has 2 heterocycles. The van der Waals surface area contributed by atoms with E-state index in [4.69, 9.17) is 11.6 Å². The van der Waals surface area contributed by atoms with Gasteiger partial charge in [-0.1, -0.05) is 23.7 Å². The van der Waals surface area contributed by atoms with Gasteiger partial charge in [-0.2, -0.15) is 13.2 Å². The van der Waals surface area contributed by atoms with Crippen LogP contribution in [0.4, 0.5) is 13.2 Å². The highest BCUT2D eigenvalue weighted by atomic mass is 35.5. The number of alkyl halides is 3. The normalized spacial score (nSPS) is 19.0. The Labute approximate surface area is 181 Å². The van der Waals surface area contributed by atoms with Gasteiger partial charge in [-0.15, -0.1) is 0 Å². The second kappa shape index (κ2) is 8.16. The van der Waals surface area contributed by atoms with Crippen LogP contribution in [0, 0.1) is 0 Å². The number of halogens is 4. The fourth-order valence-electron chi connectivity index (χ4n) is 4.47. The lowest BCUT2D eigenvalue weighted by molar-refractivity contribution is -0.138. The number of nitrogens with one attached hydrogen (secondary N) is 2. The van der Waals surface area contributed by atoms with Crippen LogP contribution in [-0.4, -0.2) is 28.4 Å². The van der Waals surface area contributed by atoms with E-state index in [0.29, 0.717) is 24.9 Å². The Kier molecular flexibility index (Phi) is 5.70. The van der Waals surface area contributed by atoms with Gasteiger partial charge in [0.1, 0.15) is 0 Å². The minimum atomic E-state index is -4.75. The molecule has 0 saturated heterocycles. The number of fused-ring (bicyclic) bond motifs is 1. The van der Waals surface area contributed by atoms with Crippen molar-refractivity contribution in [2.45, 2.75) is 44.3 Å². The number of rotatable bonds is 4. The third-order valence-electron chi connectivity index (χ3n) is 5.87. The molecular formula is C22H20ClF3N2O3. The van der Waals surface area contributed by atoms with Crippen LogP contribution in [0.5, 0.6) is 0 Å². The minimum Gasteiger partial charge on any atom is -0.478 e. The maximum absolute atomic E-state index is 13.6. The summed E-state index contributed by atoms with van der Waals surface area (Å²) in [6, 6.07) is 2.77. The molecule has 2 aliphatic rings. The number of carbonyl (C=O) groups excluding carboxylic acids is 1. The molecule has 2 aromatic rings. The van der Waals surface area contributed by atoms with Crippen molar-refractivity contribution >= 4 is 23.4 Å². The Morgan fingerprint density at radius 1 is 1.16 bits per heavy atom. The average molecular weight is 453 g/mol. The van der Waals surface area contributed by atoms with Gasteiger partial charge in [-0.3, -0.25) is 4.79 Å². The lowest BCUT2D eigenvalue weighted by atomic mass is 9.86. The summed E-state index contributed by atoms with van der Waals surface area (Å²) in [4.78, 5) is 28.0. The lowest BCUT2D eigenvalue weighted by Crippen LogP contribution is -2.30. The van der Waals surface area contributed by atoms with E-state index >= 15 is 0 Å². The number of hydrogen-bond acceptors (Lipinski definition) is 3. The molecule has 1 aliphatic carbocycles. The van der Waals surface area contributed by atoms with E-state index in [2.05, 4.69) is 10.3 Å². The first kappa shape index (κ1) is 21.6. The third kappa shape index (κ3) is 4.02. The molecule has 0 fully saturated rings. The van der Waals surface area contributed by atoms with E-state index < -0.39 is 35.1 Å². The van der Waals surface area contributed by atoms with E-state index in [1.165, 1.54) is 6.07 Å². The quantitative estimate of drug-likeness (QED) is 0.580. The third-order valence-corrected chi connectivity index (χ3v) is 6.19. The van der Waals surface area contributed by atoms with Gasteiger partial charge in [0.15, 0.2) is 0 Å². The number of carbonyl (C=O) groups is 2. The van der Waals surface area contributed by atoms with Gasteiger partial charge in [0.2, 0.25) is 5.78 Å². The maximum Gasteiger partial charge on any atom is 0.417 e. The number of aromatic amines is 1. The van der Waals surface area contributed by atoms with Crippen LogP contribution in [0.1, 0.15) is 63.7 Å². The molecule has 1 aromatic carbocycles. The van der Waals surface area contributed by atoms with Crippen LogP contribution in [-0.2, 0) is 23.8 Å². The van der Waals surface area contributed by atoms with E-state index in [0.717, 1.165) is 36.2 Å².